The quantitative estimate of drug-likeness (QED) is 0.160. The Morgan fingerprint density at radius 2 is 1.72 bits per heavy atom. The molecular weight excluding hydrogens is 410 g/mol. The van der Waals surface area contributed by atoms with Gasteiger partial charge in [0.15, 0.2) is 17.8 Å². The van der Waals surface area contributed by atoms with E-state index in [0.717, 1.165) is 16.6 Å². The van der Waals surface area contributed by atoms with E-state index in [0.29, 0.717) is 22.9 Å². The fourth-order valence-electron chi connectivity index (χ4n) is 2.70. The zero-order valence-corrected chi connectivity index (χ0v) is 19.2. The maximum Gasteiger partial charge on any atom is 0.270 e. The molecule has 2 aromatic carbocycles. The number of non-ortho nitro benzene ring substituents is 1. The number of furan rings is 1. The molecule has 2 heterocycles. The third-order valence-electron chi connectivity index (χ3n) is 4.13. The first kappa shape index (κ1) is 26.1. The van der Waals surface area contributed by atoms with Gasteiger partial charge < -0.3 is 14.7 Å². The van der Waals surface area contributed by atoms with Gasteiger partial charge in [0.25, 0.3) is 5.69 Å². The van der Waals surface area contributed by atoms with Gasteiger partial charge in [0.05, 0.1) is 10.6 Å². The number of nitrogens with zero attached hydrogens (tertiary/aromatic N) is 1. The first-order valence-electron chi connectivity index (χ1n) is 10.4. The highest BCUT2D eigenvalue weighted by atomic mass is 16.6. The number of rotatable bonds is 4. The molecule has 0 amide bonds. The van der Waals surface area contributed by atoms with Crippen LogP contribution < -0.4 is 5.32 Å². The van der Waals surface area contributed by atoms with Gasteiger partial charge >= 0.3 is 0 Å². The molecule has 8 heteroatoms. The number of aldehydes is 1. The lowest BCUT2D eigenvalue weighted by molar-refractivity contribution is -0.384. The zero-order valence-electron chi connectivity index (χ0n) is 19.2. The van der Waals surface area contributed by atoms with Gasteiger partial charge in [0.2, 0.25) is 0 Å². The fourth-order valence-corrected chi connectivity index (χ4v) is 2.70. The van der Waals surface area contributed by atoms with Crippen LogP contribution >= 0.6 is 0 Å². The average Bonchev–Trinajstić information content (AvgIpc) is 3.45. The SMILES string of the molecule is CC.CC.CNc1ccc2[nH]c(C(C)=O)cc2c1.O=Cc1cc2cc([N+](=O)[O-])ccc2o1. The summed E-state index contributed by atoms with van der Waals surface area (Å²) in [6.07, 6.45) is 0.561. The van der Waals surface area contributed by atoms with Crippen LogP contribution in [0, 0.1) is 10.1 Å². The number of carbonyl (C=O) groups excluding carboxylic acids is 2. The molecule has 0 aliphatic heterocycles. The number of nitro groups is 1. The van der Waals surface area contributed by atoms with Crippen LogP contribution in [0.1, 0.15) is 55.7 Å². The van der Waals surface area contributed by atoms with Crippen LogP contribution in [-0.2, 0) is 0 Å². The van der Waals surface area contributed by atoms with E-state index in [2.05, 4.69) is 10.3 Å². The summed E-state index contributed by atoms with van der Waals surface area (Å²) < 4.78 is 5.06. The number of hydrogen-bond acceptors (Lipinski definition) is 6. The van der Waals surface area contributed by atoms with E-state index in [1.165, 1.54) is 24.3 Å². The maximum atomic E-state index is 11.1. The van der Waals surface area contributed by atoms with Crippen molar-refractivity contribution in [2.24, 2.45) is 0 Å². The summed E-state index contributed by atoms with van der Waals surface area (Å²) >= 11 is 0. The van der Waals surface area contributed by atoms with Crippen molar-refractivity contribution >= 4 is 45.3 Å². The predicted molar refractivity (Wildman–Crippen MR) is 129 cm³/mol. The molecule has 32 heavy (non-hydrogen) atoms. The summed E-state index contributed by atoms with van der Waals surface area (Å²) in [6.45, 7) is 9.56. The molecule has 2 N–H and O–H groups in total. The Kier molecular flexibility index (Phi) is 10.3. The number of fused-ring (bicyclic) bond motifs is 2. The Balaban J connectivity index is 0.000000277. The monoisotopic (exact) mass is 439 g/mol. The first-order chi connectivity index (χ1) is 15.4. The number of aromatic nitrogens is 1. The number of benzene rings is 2. The van der Waals surface area contributed by atoms with E-state index >= 15 is 0 Å². The molecule has 0 bridgehead atoms. The number of nitrogens with one attached hydrogen (secondary N) is 2. The lowest BCUT2D eigenvalue weighted by atomic mass is 10.2. The Hall–Kier alpha value is -3.94. The third-order valence-corrected chi connectivity index (χ3v) is 4.13. The van der Waals surface area contributed by atoms with E-state index in [1.807, 2.05) is 59.0 Å². The summed E-state index contributed by atoms with van der Waals surface area (Å²) in [6, 6.07) is 13.5. The van der Waals surface area contributed by atoms with Gasteiger partial charge in [0, 0.05) is 48.1 Å². The summed E-state index contributed by atoms with van der Waals surface area (Å²) in [5, 5.41) is 15.1. The Labute approximate surface area is 186 Å². The molecule has 2 aromatic heterocycles. The lowest BCUT2D eigenvalue weighted by Gasteiger charge is -1.97. The van der Waals surface area contributed by atoms with Crippen LogP contribution in [0.5, 0.6) is 0 Å². The van der Waals surface area contributed by atoms with E-state index in [4.69, 9.17) is 4.42 Å². The minimum Gasteiger partial charge on any atom is -0.453 e. The molecule has 0 radical (unpaired) electrons. The number of Topliss-reactive ketones (excluding diaryl/α,β-unsaturated/α-hetero) is 1. The van der Waals surface area contributed by atoms with Crippen LogP contribution in [0.15, 0.2) is 52.9 Å². The fraction of sp³-hybridized carbons (Fsp3) is 0.250. The van der Waals surface area contributed by atoms with Crippen molar-refractivity contribution in [3.63, 3.8) is 0 Å². The normalized spacial score (nSPS) is 9.44. The summed E-state index contributed by atoms with van der Waals surface area (Å²) in [7, 11) is 1.87. The highest BCUT2D eigenvalue weighted by Gasteiger charge is 2.09. The minimum absolute atomic E-state index is 0.0178. The molecule has 170 valence electrons. The van der Waals surface area contributed by atoms with Crippen LogP contribution in [0.3, 0.4) is 0 Å². The second-order valence-corrected chi connectivity index (χ2v) is 6.04. The molecule has 0 saturated heterocycles. The standard InChI is InChI=1S/C11H12N2O.C9H5NO4.2C2H6/c1-7(14)11-6-8-5-9(12-2)3-4-10(8)13-11;11-5-8-4-6-3-7(10(12)13)1-2-9(6)14-8;2*1-2/h3-6,12-13H,1-2H3;1-5H;2*1-2H3. The third kappa shape index (κ3) is 6.53. The van der Waals surface area contributed by atoms with Gasteiger partial charge in [-0.1, -0.05) is 27.7 Å². The van der Waals surface area contributed by atoms with Gasteiger partial charge in [0.1, 0.15) is 5.58 Å². The second kappa shape index (κ2) is 12.7. The first-order valence-corrected chi connectivity index (χ1v) is 10.4. The molecule has 0 aliphatic rings. The van der Waals surface area contributed by atoms with Gasteiger partial charge in [-0.2, -0.15) is 0 Å². The highest BCUT2D eigenvalue weighted by Crippen LogP contribution is 2.23. The smallest absolute Gasteiger partial charge is 0.270 e. The highest BCUT2D eigenvalue weighted by molar-refractivity contribution is 5.98. The number of H-pyrrole nitrogens is 1. The summed E-state index contributed by atoms with van der Waals surface area (Å²) in [5.74, 6) is 0.229. The van der Waals surface area contributed by atoms with Crippen LogP contribution in [0.25, 0.3) is 21.9 Å². The maximum absolute atomic E-state index is 11.1. The number of anilines is 1. The lowest BCUT2D eigenvalue weighted by Crippen LogP contribution is -1.89. The molecule has 4 rings (SSSR count). The van der Waals surface area contributed by atoms with Crippen molar-refractivity contribution in [2.75, 3.05) is 12.4 Å². The van der Waals surface area contributed by atoms with Crippen molar-refractivity contribution in [3.8, 4) is 0 Å². The van der Waals surface area contributed by atoms with Crippen LogP contribution in [0.2, 0.25) is 0 Å². The van der Waals surface area contributed by atoms with Gasteiger partial charge in [-0.25, -0.2) is 0 Å². The molecule has 0 unspecified atom stereocenters. The Bertz CT molecular complexity index is 1190. The second-order valence-electron chi connectivity index (χ2n) is 6.04. The number of hydrogen-bond donors (Lipinski definition) is 2. The van der Waals surface area contributed by atoms with Crippen molar-refractivity contribution in [2.45, 2.75) is 34.6 Å². The van der Waals surface area contributed by atoms with Gasteiger partial charge in [-0.3, -0.25) is 19.7 Å². The molecule has 0 atom stereocenters. The predicted octanol–water partition coefficient (Wildman–Crippen LogP) is 6.62. The number of nitro benzene ring substituents is 1. The number of carbonyl (C=O) groups is 2. The summed E-state index contributed by atoms with van der Waals surface area (Å²) in [4.78, 5) is 34.5. The molecule has 0 aliphatic carbocycles. The molecular formula is C24H29N3O5. The Morgan fingerprint density at radius 1 is 1.03 bits per heavy atom. The van der Waals surface area contributed by atoms with E-state index in [1.54, 1.807) is 6.92 Å². The zero-order chi connectivity index (χ0) is 24.3. The van der Waals surface area contributed by atoms with Crippen molar-refractivity contribution in [1.29, 1.82) is 0 Å². The van der Waals surface area contributed by atoms with E-state index < -0.39 is 4.92 Å². The number of ketones is 1. The molecule has 0 spiro atoms. The van der Waals surface area contributed by atoms with E-state index in [-0.39, 0.29) is 17.2 Å². The number of aromatic amines is 1. The summed E-state index contributed by atoms with van der Waals surface area (Å²) in [5.41, 5.74) is 3.16. The minimum atomic E-state index is -0.493. The molecule has 0 saturated carbocycles. The Morgan fingerprint density at radius 3 is 2.28 bits per heavy atom. The van der Waals surface area contributed by atoms with E-state index in [9.17, 15) is 19.7 Å². The molecule has 0 fully saturated rings. The van der Waals surface area contributed by atoms with Crippen molar-refractivity contribution in [3.05, 3.63) is 70.1 Å². The van der Waals surface area contributed by atoms with Gasteiger partial charge in [-0.05, 0) is 36.4 Å². The molecule has 8 nitrogen and oxygen atoms in total. The molecule has 4 aromatic rings. The van der Waals surface area contributed by atoms with Crippen molar-refractivity contribution < 1.29 is 18.9 Å². The van der Waals surface area contributed by atoms with Crippen molar-refractivity contribution in [1.82, 2.24) is 4.98 Å². The van der Waals surface area contributed by atoms with Crippen LogP contribution in [-0.4, -0.2) is 29.0 Å². The topological polar surface area (TPSA) is 118 Å². The van der Waals surface area contributed by atoms with Gasteiger partial charge in [-0.15, -0.1) is 0 Å². The largest absolute Gasteiger partial charge is 0.453 e. The van der Waals surface area contributed by atoms with Crippen LogP contribution in [0.4, 0.5) is 11.4 Å². The average molecular weight is 440 g/mol.